The van der Waals surface area contributed by atoms with Gasteiger partial charge in [-0.1, -0.05) is 55.8 Å². The van der Waals surface area contributed by atoms with Crippen LogP contribution in [0.5, 0.6) is 5.75 Å². The summed E-state index contributed by atoms with van der Waals surface area (Å²) < 4.78 is 5.96. The van der Waals surface area contributed by atoms with E-state index in [4.69, 9.17) is 10.5 Å². The Bertz CT molecular complexity index is 585. The summed E-state index contributed by atoms with van der Waals surface area (Å²) in [6, 6.07) is 14.8. The first-order chi connectivity index (χ1) is 9.97. The average molecular weight is 283 g/mol. The molecule has 0 aliphatic carbocycles. The van der Waals surface area contributed by atoms with Crippen LogP contribution in [0.3, 0.4) is 0 Å². The maximum absolute atomic E-state index is 6.03. The molecule has 112 valence electrons. The lowest BCUT2D eigenvalue weighted by molar-refractivity contribution is 0.301. The number of benzene rings is 2. The minimum atomic E-state index is -0.0248. The summed E-state index contributed by atoms with van der Waals surface area (Å²) in [7, 11) is 0. The molecule has 0 radical (unpaired) electrons. The Morgan fingerprint density at radius 2 is 1.67 bits per heavy atom. The van der Waals surface area contributed by atoms with Gasteiger partial charge in [-0.25, -0.2) is 0 Å². The summed E-state index contributed by atoms with van der Waals surface area (Å²) in [5, 5.41) is 0. The van der Waals surface area contributed by atoms with E-state index in [0.717, 1.165) is 11.3 Å². The van der Waals surface area contributed by atoms with Crippen LogP contribution in [0.15, 0.2) is 42.5 Å². The second-order valence-corrected chi connectivity index (χ2v) is 6.01. The highest BCUT2D eigenvalue weighted by Gasteiger charge is 2.09. The Kier molecular flexibility index (Phi) is 5.03. The van der Waals surface area contributed by atoms with Crippen LogP contribution in [0.2, 0.25) is 0 Å². The molecule has 0 aliphatic heterocycles. The van der Waals surface area contributed by atoms with Crippen molar-refractivity contribution in [2.75, 3.05) is 0 Å². The van der Waals surface area contributed by atoms with Crippen LogP contribution in [0.4, 0.5) is 0 Å². The van der Waals surface area contributed by atoms with E-state index < -0.39 is 0 Å². The number of rotatable bonds is 5. The van der Waals surface area contributed by atoms with Crippen molar-refractivity contribution in [3.8, 4) is 5.75 Å². The van der Waals surface area contributed by atoms with E-state index in [1.807, 2.05) is 13.0 Å². The number of ether oxygens (including phenoxy) is 1. The van der Waals surface area contributed by atoms with Crippen molar-refractivity contribution in [2.24, 2.45) is 5.73 Å². The van der Waals surface area contributed by atoms with Gasteiger partial charge in [-0.05, 0) is 37.0 Å². The molecule has 2 nitrogen and oxygen atoms in total. The molecule has 0 spiro atoms. The Hall–Kier alpha value is -1.80. The lowest BCUT2D eigenvalue weighted by Crippen LogP contribution is -2.08. The molecule has 21 heavy (non-hydrogen) atoms. The van der Waals surface area contributed by atoms with Crippen LogP contribution in [0.1, 0.15) is 55.0 Å². The van der Waals surface area contributed by atoms with Gasteiger partial charge in [-0.3, -0.25) is 0 Å². The molecule has 0 fully saturated rings. The molecule has 0 bridgehead atoms. The zero-order valence-electron chi connectivity index (χ0n) is 13.4. The summed E-state index contributed by atoms with van der Waals surface area (Å²) >= 11 is 0. The van der Waals surface area contributed by atoms with Gasteiger partial charge in [0.15, 0.2) is 0 Å². The minimum absolute atomic E-state index is 0.0248. The average Bonchev–Trinajstić information content (AvgIpc) is 2.46. The zero-order valence-corrected chi connectivity index (χ0v) is 13.4. The molecule has 2 aromatic carbocycles. The molecule has 2 heteroatoms. The molecule has 2 N–H and O–H groups in total. The van der Waals surface area contributed by atoms with Crippen LogP contribution < -0.4 is 10.5 Å². The molecule has 0 saturated carbocycles. The number of aryl methyl sites for hydroxylation is 1. The fourth-order valence-electron chi connectivity index (χ4n) is 2.32. The van der Waals surface area contributed by atoms with Crippen LogP contribution >= 0.6 is 0 Å². The maximum atomic E-state index is 6.03. The van der Waals surface area contributed by atoms with Crippen LogP contribution in [-0.4, -0.2) is 0 Å². The number of nitrogens with two attached hydrogens (primary N) is 1. The summed E-state index contributed by atoms with van der Waals surface area (Å²) in [5.74, 6) is 1.44. The molecule has 0 heterocycles. The molecule has 0 unspecified atom stereocenters. The van der Waals surface area contributed by atoms with E-state index in [1.165, 1.54) is 16.7 Å². The van der Waals surface area contributed by atoms with Crippen molar-refractivity contribution in [1.29, 1.82) is 0 Å². The standard InChI is InChI=1S/C19H25NO/c1-13(2)17-8-6-16(7-9-17)12-21-19-10-5-14(3)11-18(19)15(4)20/h5-11,13,15H,12,20H2,1-4H3/t15-/m1/s1. The van der Waals surface area contributed by atoms with E-state index in [1.54, 1.807) is 0 Å². The lowest BCUT2D eigenvalue weighted by atomic mass is 10.0. The van der Waals surface area contributed by atoms with Crippen molar-refractivity contribution < 1.29 is 4.74 Å². The first kappa shape index (κ1) is 15.6. The highest BCUT2D eigenvalue weighted by molar-refractivity contribution is 5.39. The van der Waals surface area contributed by atoms with Crippen molar-refractivity contribution in [1.82, 2.24) is 0 Å². The van der Waals surface area contributed by atoms with Gasteiger partial charge in [-0.15, -0.1) is 0 Å². The van der Waals surface area contributed by atoms with Gasteiger partial charge in [0.2, 0.25) is 0 Å². The molecule has 1 atom stereocenters. The topological polar surface area (TPSA) is 35.2 Å². The third-order valence-corrected chi connectivity index (χ3v) is 3.70. The highest BCUT2D eigenvalue weighted by Crippen LogP contribution is 2.26. The maximum Gasteiger partial charge on any atom is 0.124 e. The SMILES string of the molecule is Cc1ccc(OCc2ccc(C(C)C)cc2)c([C@@H](C)N)c1. The molecular formula is C19H25NO. The van der Waals surface area contributed by atoms with E-state index in [-0.39, 0.29) is 6.04 Å². The Balaban J connectivity index is 2.09. The third-order valence-electron chi connectivity index (χ3n) is 3.70. The Morgan fingerprint density at radius 1 is 1.00 bits per heavy atom. The first-order valence-corrected chi connectivity index (χ1v) is 7.55. The van der Waals surface area contributed by atoms with Gasteiger partial charge in [0.1, 0.15) is 12.4 Å². The van der Waals surface area contributed by atoms with Crippen LogP contribution in [-0.2, 0) is 6.61 Å². The van der Waals surface area contributed by atoms with Gasteiger partial charge in [0.05, 0.1) is 0 Å². The minimum Gasteiger partial charge on any atom is -0.489 e. The summed E-state index contributed by atoms with van der Waals surface area (Å²) in [5.41, 5.74) is 10.8. The Labute approximate surface area is 127 Å². The molecule has 0 saturated heterocycles. The van der Waals surface area contributed by atoms with E-state index >= 15 is 0 Å². The second kappa shape index (κ2) is 6.77. The Morgan fingerprint density at radius 3 is 2.24 bits per heavy atom. The van der Waals surface area contributed by atoms with Crippen molar-refractivity contribution in [2.45, 2.75) is 46.3 Å². The largest absolute Gasteiger partial charge is 0.489 e. The number of hydrogen-bond acceptors (Lipinski definition) is 2. The summed E-state index contributed by atoms with van der Waals surface area (Å²) in [6.45, 7) is 9.03. The van der Waals surface area contributed by atoms with Crippen LogP contribution in [0.25, 0.3) is 0 Å². The zero-order chi connectivity index (χ0) is 15.4. The van der Waals surface area contributed by atoms with E-state index in [2.05, 4.69) is 57.2 Å². The van der Waals surface area contributed by atoms with Crippen molar-refractivity contribution in [3.63, 3.8) is 0 Å². The van der Waals surface area contributed by atoms with Crippen molar-refractivity contribution >= 4 is 0 Å². The molecular weight excluding hydrogens is 258 g/mol. The smallest absolute Gasteiger partial charge is 0.124 e. The van der Waals surface area contributed by atoms with E-state index in [9.17, 15) is 0 Å². The van der Waals surface area contributed by atoms with Gasteiger partial charge in [-0.2, -0.15) is 0 Å². The molecule has 0 aliphatic rings. The molecule has 0 aromatic heterocycles. The van der Waals surface area contributed by atoms with Gasteiger partial charge in [0, 0.05) is 11.6 Å². The quantitative estimate of drug-likeness (QED) is 0.862. The normalized spacial score (nSPS) is 12.5. The summed E-state index contributed by atoms with van der Waals surface area (Å²) in [4.78, 5) is 0. The lowest BCUT2D eigenvalue weighted by Gasteiger charge is -2.15. The molecule has 0 amide bonds. The predicted molar refractivity (Wildman–Crippen MR) is 88.6 cm³/mol. The van der Waals surface area contributed by atoms with Gasteiger partial charge < -0.3 is 10.5 Å². The predicted octanol–water partition coefficient (Wildman–Crippen LogP) is 4.72. The van der Waals surface area contributed by atoms with E-state index in [0.29, 0.717) is 12.5 Å². The fourth-order valence-corrected chi connectivity index (χ4v) is 2.32. The fraction of sp³-hybridized carbons (Fsp3) is 0.368. The first-order valence-electron chi connectivity index (χ1n) is 7.55. The molecule has 2 aromatic rings. The van der Waals surface area contributed by atoms with Gasteiger partial charge in [0.25, 0.3) is 0 Å². The molecule has 2 rings (SSSR count). The second-order valence-electron chi connectivity index (χ2n) is 6.01. The summed E-state index contributed by atoms with van der Waals surface area (Å²) in [6.07, 6.45) is 0. The number of hydrogen-bond donors (Lipinski definition) is 1. The third kappa shape index (κ3) is 4.08. The highest BCUT2D eigenvalue weighted by atomic mass is 16.5. The van der Waals surface area contributed by atoms with Crippen LogP contribution in [0, 0.1) is 6.92 Å². The van der Waals surface area contributed by atoms with Crippen molar-refractivity contribution in [3.05, 3.63) is 64.7 Å². The monoisotopic (exact) mass is 283 g/mol. The van der Waals surface area contributed by atoms with Gasteiger partial charge >= 0.3 is 0 Å².